The molecule has 0 bridgehead atoms. The van der Waals surface area contributed by atoms with Gasteiger partial charge in [-0.15, -0.1) is 0 Å². The van der Waals surface area contributed by atoms with Crippen molar-refractivity contribution in [2.45, 2.75) is 59.4 Å². The summed E-state index contributed by atoms with van der Waals surface area (Å²) >= 11 is 0. The van der Waals surface area contributed by atoms with E-state index in [0.29, 0.717) is 12.3 Å². The highest BCUT2D eigenvalue weighted by atomic mass is 32.2. The lowest BCUT2D eigenvalue weighted by Gasteiger charge is -2.25. The van der Waals surface area contributed by atoms with Crippen molar-refractivity contribution in [3.63, 3.8) is 0 Å². The van der Waals surface area contributed by atoms with Crippen LogP contribution in [0.25, 0.3) is 0 Å². The van der Waals surface area contributed by atoms with Gasteiger partial charge in [0.1, 0.15) is 0 Å². The lowest BCUT2D eigenvalue weighted by Crippen LogP contribution is -2.39. The van der Waals surface area contributed by atoms with Gasteiger partial charge >= 0.3 is 0 Å². The number of hydrogen-bond acceptors (Lipinski definition) is 2. The molecule has 0 saturated heterocycles. The van der Waals surface area contributed by atoms with Crippen molar-refractivity contribution < 1.29 is 8.42 Å². The van der Waals surface area contributed by atoms with Crippen LogP contribution in [0.5, 0.6) is 0 Å². The molecule has 0 saturated carbocycles. The smallest absolute Gasteiger partial charge is 0.212 e. The van der Waals surface area contributed by atoms with Crippen LogP contribution in [-0.4, -0.2) is 31.1 Å². The maximum atomic E-state index is 12.0. The van der Waals surface area contributed by atoms with Crippen molar-refractivity contribution >= 4 is 10.0 Å². The van der Waals surface area contributed by atoms with E-state index in [0.717, 1.165) is 25.7 Å². The molecule has 0 amide bonds. The molecule has 0 radical (unpaired) electrons. The molecular formula is C11H25NO2S. The summed E-state index contributed by atoms with van der Waals surface area (Å²) in [4.78, 5) is 0. The van der Waals surface area contributed by atoms with Crippen molar-refractivity contribution in [3.8, 4) is 0 Å². The standard InChI is InChI=1S/C11H25NO2S/c1-5-7-9-12(11(3)4)15(13,14)10-8-6-2/h11H,5-10H2,1-4H3. The molecule has 0 heterocycles. The zero-order chi connectivity index (χ0) is 11.9. The second-order valence-corrected chi connectivity index (χ2v) is 6.27. The van der Waals surface area contributed by atoms with Crippen molar-refractivity contribution in [3.05, 3.63) is 0 Å². The third kappa shape index (κ3) is 5.52. The highest BCUT2D eigenvalue weighted by Gasteiger charge is 2.23. The van der Waals surface area contributed by atoms with Gasteiger partial charge in [-0.1, -0.05) is 26.7 Å². The Labute approximate surface area is 94.9 Å². The van der Waals surface area contributed by atoms with Crippen LogP contribution in [0, 0.1) is 0 Å². The molecule has 0 unspecified atom stereocenters. The Balaban J connectivity index is 4.45. The Kier molecular flexibility index (Phi) is 7.18. The van der Waals surface area contributed by atoms with Crippen LogP contribution in [0.3, 0.4) is 0 Å². The van der Waals surface area contributed by atoms with Gasteiger partial charge in [-0.05, 0) is 26.7 Å². The molecule has 15 heavy (non-hydrogen) atoms. The highest BCUT2D eigenvalue weighted by molar-refractivity contribution is 7.89. The third-order valence-corrected chi connectivity index (χ3v) is 4.54. The quantitative estimate of drug-likeness (QED) is 0.648. The van der Waals surface area contributed by atoms with Gasteiger partial charge in [0.25, 0.3) is 0 Å². The van der Waals surface area contributed by atoms with Gasteiger partial charge in [0, 0.05) is 12.6 Å². The molecule has 0 atom stereocenters. The van der Waals surface area contributed by atoms with Crippen LogP contribution in [0.4, 0.5) is 0 Å². The zero-order valence-corrected chi connectivity index (χ0v) is 11.3. The van der Waals surface area contributed by atoms with Crippen LogP contribution in [0.1, 0.15) is 53.4 Å². The first kappa shape index (κ1) is 14.9. The number of sulfonamides is 1. The van der Waals surface area contributed by atoms with Crippen molar-refractivity contribution in [1.82, 2.24) is 4.31 Å². The summed E-state index contributed by atoms with van der Waals surface area (Å²) in [5.74, 6) is 0.297. The molecule has 0 rings (SSSR count). The van der Waals surface area contributed by atoms with E-state index in [4.69, 9.17) is 0 Å². The van der Waals surface area contributed by atoms with E-state index in [2.05, 4.69) is 6.92 Å². The van der Waals surface area contributed by atoms with Crippen LogP contribution in [0.15, 0.2) is 0 Å². The van der Waals surface area contributed by atoms with Gasteiger partial charge in [0.05, 0.1) is 5.75 Å². The van der Waals surface area contributed by atoms with Crippen LogP contribution < -0.4 is 0 Å². The fourth-order valence-electron chi connectivity index (χ4n) is 1.48. The lowest BCUT2D eigenvalue weighted by atomic mass is 10.3. The van der Waals surface area contributed by atoms with E-state index in [1.807, 2.05) is 20.8 Å². The van der Waals surface area contributed by atoms with Gasteiger partial charge in [0.15, 0.2) is 0 Å². The SMILES string of the molecule is CCCCN(C(C)C)S(=O)(=O)CCCC. The molecule has 0 aliphatic rings. The molecule has 3 nitrogen and oxygen atoms in total. The summed E-state index contributed by atoms with van der Waals surface area (Å²) in [5.41, 5.74) is 0. The first-order chi connectivity index (χ1) is 6.95. The fraction of sp³-hybridized carbons (Fsp3) is 1.00. The molecule has 0 aromatic heterocycles. The monoisotopic (exact) mass is 235 g/mol. The average molecular weight is 235 g/mol. The van der Waals surface area contributed by atoms with Gasteiger partial charge in [0.2, 0.25) is 10.0 Å². The Hall–Kier alpha value is -0.0900. The van der Waals surface area contributed by atoms with Crippen molar-refractivity contribution in [1.29, 1.82) is 0 Å². The first-order valence-corrected chi connectivity index (χ1v) is 7.56. The molecule has 0 N–H and O–H groups in total. The fourth-order valence-corrected chi connectivity index (χ4v) is 3.41. The van der Waals surface area contributed by atoms with E-state index < -0.39 is 10.0 Å². The van der Waals surface area contributed by atoms with E-state index in [9.17, 15) is 8.42 Å². The van der Waals surface area contributed by atoms with Gasteiger partial charge < -0.3 is 0 Å². The number of unbranched alkanes of at least 4 members (excludes halogenated alkanes) is 2. The normalized spacial score (nSPS) is 12.7. The summed E-state index contributed by atoms with van der Waals surface area (Å²) in [6.07, 6.45) is 3.67. The van der Waals surface area contributed by atoms with Crippen LogP contribution in [-0.2, 0) is 10.0 Å². The third-order valence-electron chi connectivity index (χ3n) is 2.42. The van der Waals surface area contributed by atoms with Crippen molar-refractivity contribution in [2.24, 2.45) is 0 Å². The highest BCUT2D eigenvalue weighted by Crippen LogP contribution is 2.11. The second-order valence-electron chi connectivity index (χ2n) is 4.23. The predicted molar refractivity (Wildman–Crippen MR) is 65.4 cm³/mol. The average Bonchev–Trinajstić information content (AvgIpc) is 2.14. The Morgan fingerprint density at radius 1 is 1.07 bits per heavy atom. The number of nitrogens with zero attached hydrogens (tertiary/aromatic N) is 1. The summed E-state index contributed by atoms with van der Waals surface area (Å²) in [6.45, 7) is 8.65. The number of hydrogen-bond donors (Lipinski definition) is 0. The summed E-state index contributed by atoms with van der Waals surface area (Å²) < 4.78 is 25.6. The lowest BCUT2D eigenvalue weighted by molar-refractivity contribution is 0.347. The Morgan fingerprint density at radius 2 is 1.60 bits per heavy atom. The minimum atomic E-state index is -3.02. The van der Waals surface area contributed by atoms with E-state index >= 15 is 0 Å². The van der Waals surface area contributed by atoms with Crippen LogP contribution >= 0.6 is 0 Å². The Morgan fingerprint density at radius 3 is 2.00 bits per heavy atom. The zero-order valence-electron chi connectivity index (χ0n) is 10.5. The van der Waals surface area contributed by atoms with E-state index in [1.54, 1.807) is 4.31 Å². The van der Waals surface area contributed by atoms with Gasteiger partial charge in [-0.2, -0.15) is 4.31 Å². The maximum absolute atomic E-state index is 12.0. The summed E-state index contributed by atoms with van der Waals surface area (Å²) in [5, 5.41) is 0. The molecular weight excluding hydrogens is 210 g/mol. The summed E-state index contributed by atoms with van der Waals surface area (Å²) in [6, 6.07) is 0.0819. The molecule has 0 spiro atoms. The predicted octanol–water partition coefficient (Wildman–Crippen LogP) is 2.63. The van der Waals surface area contributed by atoms with E-state index in [-0.39, 0.29) is 6.04 Å². The molecule has 0 aliphatic heterocycles. The molecule has 92 valence electrons. The molecule has 0 aliphatic carbocycles. The molecule has 0 aromatic rings. The van der Waals surface area contributed by atoms with Crippen molar-refractivity contribution in [2.75, 3.05) is 12.3 Å². The first-order valence-electron chi connectivity index (χ1n) is 5.95. The minimum Gasteiger partial charge on any atom is -0.212 e. The molecule has 0 fully saturated rings. The van der Waals surface area contributed by atoms with Gasteiger partial charge in [-0.3, -0.25) is 0 Å². The van der Waals surface area contributed by atoms with Gasteiger partial charge in [-0.25, -0.2) is 8.42 Å². The maximum Gasteiger partial charge on any atom is 0.214 e. The summed E-state index contributed by atoms with van der Waals surface area (Å²) in [7, 11) is -3.02. The number of rotatable bonds is 8. The molecule has 0 aromatic carbocycles. The topological polar surface area (TPSA) is 37.4 Å². The largest absolute Gasteiger partial charge is 0.214 e. The van der Waals surface area contributed by atoms with E-state index in [1.165, 1.54) is 0 Å². The van der Waals surface area contributed by atoms with Crippen LogP contribution in [0.2, 0.25) is 0 Å². The minimum absolute atomic E-state index is 0.0819. The second kappa shape index (κ2) is 7.23. The Bertz CT molecular complexity index is 247. The molecule has 4 heteroatoms.